The van der Waals surface area contributed by atoms with Crippen LogP contribution < -0.4 is 5.32 Å². The molecule has 1 atom stereocenters. The zero-order valence-electron chi connectivity index (χ0n) is 10.5. The number of fused-ring (bicyclic) bond motifs is 1. The number of carbonyl (C=O) groups is 2. The molecular formula is C12H12F3NO3S. The summed E-state index contributed by atoms with van der Waals surface area (Å²) in [6.07, 6.45) is -2.75. The Bertz CT molecular complexity index is 565. The summed E-state index contributed by atoms with van der Waals surface area (Å²) < 4.78 is 36.8. The summed E-state index contributed by atoms with van der Waals surface area (Å²) in [5, 5.41) is 10.7. The SMILES string of the molecule is CC1CCCc2sc(NC(=O)C(F)(F)F)c(C(=O)O)c21. The van der Waals surface area contributed by atoms with Crippen molar-refractivity contribution in [1.82, 2.24) is 0 Å². The molecule has 0 radical (unpaired) electrons. The standard InChI is InChI=1S/C12H12F3NO3S/c1-5-3-2-4-6-7(5)8(10(17)18)9(20-6)16-11(19)12(13,14)15/h5H,2-4H2,1H3,(H,16,19)(H,17,18). The minimum absolute atomic E-state index is 0.0300. The maximum atomic E-state index is 12.3. The first kappa shape index (κ1) is 14.8. The number of rotatable bonds is 2. The van der Waals surface area contributed by atoms with E-state index in [1.54, 1.807) is 5.32 Å². The molecule has 0 saturated heterocycles. The van der Waals surface area contributed by atoms with E-state index in [0.29, 0.717) is 12.0 Å². The number of hydrogen-bond donors (Lipinski definition) is 2. The fourth-order valence-electron chi connectivity index (χ4n) is 2.39. The van der Waals surface area contributed by atoms with E-state index in [1.807, 2.05) is 6.92 Å². The summed E-state index contributed by atoms with van der Waals surface area (Å²) in [5.41, 5.74) is 0.362. The molecule has 0 aromatic carbocycles. The van der Waals surface area contributed by atoms with Crippen molar-refractivity contribution in [2.24, 2.45) is 0 Å². The maximum absolute atomic E-state index is 12.3. The van der Waals surface area contributed by atoms with Crippen LogP contribution in [0.1, 0.15) is 46.5 Å². The summed E-state index contributed by atoms with van der Waals surface area (Å²) in [7, 11) is 0. The first-order chi connectivity index (χ1) is 9.21. The maximum Gasteiger partial charge on any atom is 0.471 e. The Morgan fingerprint density at radius 1 is 1.40 bits per heavy atom. The number of alkyl halides is 3. The van der Waals surface area contributed by atoms with Gasteiger partial charge in [0.05, 0.1) is 5.56 Å². The molecule has 110 valence electrons. The Labute approximate surface area is 116 Å². The van der Waals surface area contributed by atoms with Gasteiger partial charge in [-0.15, -0.1) is 11.3 Å². The van der Waals surface area contributed by atoms with Gasteiger partial charge in [-0.05, 0) is 30.7 Å². The van der Waals surface area contributed by atoms with E-state index < -0.39 is 18.1 Å². The van der Waals surface area contributed by atoms with Crippen molar-refractivity contribution in [1.29, 1.82) is 0 Å². The third-order valence-corrected chi connectivity index (χ3v) is 4.43. The first-order valence-corrected chi connectivity index (χ1v) is 6.80. The highest BCUT2D eigenvalue weighted by atomic mass is 32.1. The van der Waals surface area contributed by atoms with Crippen LogP contribution in [0.5, 0.6) is 0 Å². The number of carboxylic acids is 1. The van der Waals surface area contributed by atoms with E-state index in [9.17, 15) is 27.9 Å². The van der Waals surface area contributed by atoms with Gasteiger partial charge in [-0.2, -0.15) is 13.2 Å². The lowest BCUT2D eigenvalue weighted by Gasteiger charge is -2.19. The van der Waals surface area contributed by atoms with Crippen molar-refractivity contribution < 1.29 is 27.9 Å². The van der Waals surface area contributed by atoms with Crippen LogP contribution in [0.25, 0.3) is 0 Å². The summed E-state index contributed by atoms with van der Waals surface area (Å²) in [4.78, 5) is 23.0. The van der Waals surface area contributed by atoms with Crippen LogP contribution in [-0.2, 0) is 11.2 Å². The molecular weight excluding hydrogens is 295 g/mol. The summed E-state index contributed by atoms with van der Waals surface area (Å²) in [6, 6.07) is 0. The fourth-order valence-corrected chi connectivity index (χ4v) is 3.73. The molecule has 4 nitrogen and oxygen atoms in total. The zero-order valence-corrected chi connectivity index (χ0v) is 11.3. The molecule has 0 fully saturated rings. The second-order valence-electron chi connectivity index (χ2n) is 4.69. The molecule has 1 aliphatic rings. The number of carboxylic acid groups (broad SMARTS) is 1. The number of thiophene rings is 1. The molecule has 0 saturated carbocycles. The second kappa shape index (κ2) is 5.08. The van der Waals surface area contributed by atoms with Gasteiger partial charge < -0.3 is 10.4 Å². The van der Waals surface area contributed by atoms with Gasteiger partial charge in [-0.1, -0.05) is 6.92 Å². The number of aromatic carboxylic acids is 1. The lowest BCUT2D eigenvalue weighted by Crippen LogP contribution is -2.30. The Morgan fingerprint density at radius 3 is 2.60 bits per heavy atom. The second-order valence-corrected chi connectivity index (χ2v) is 5.80. The average Bonchev–Trinajstić information content (AvgIpc) is 2.67. The minimum Gasteiger partial charge on any atom is -0.478 e. The number of carbonyl (C=O) groups excluding carboxylic acids is 1. The Morgan fingerprint density at radius 2 is 2.05 bits per heavy atom. The number of halogens is 3. The number of amides is 1. The van der Waals surface area contributed by atoms with Crippen LogP contribution in [0.2, 0.25) is 0 Å². The van der Waals surface area contributed by atoms with E-state index in [2.05, 4.69) is 0 Å². The van der Waals surface area contributed by atoms with E-state index in [4.69, 9.17) is 0 Å². The average molecular weight is 307 g/mol. The number of aryl methyl sites for hydroxylation is 1. The molecule has 1 heterocycles. The highest BCUT2D eigenvalue weighted by Crippen LogP contribution is 2.43. The normalized spacial score (nSPS) is 18.5. The van der Waals surface area contributed by atoms with Gasteiger partial charge in [0.1, 0.15) is 5.00 Å². The molecule has 0 spiro atoms. The predicted molar refractivity (Wildman–Crippen MR) is 67.3 cm³/mol. The quantitative estimate of drug-likeness (QED) is 0.880. The minimum atomic E-state index is -5.04. The molecule has 1 amide bonds. The monoisotopic (exact) mass is 307 g/mol. The number of nitrogens with one attached hydrogen (secondary N) is 1. The van der Waals surface area contributed by atoms with Crippen LogP contribution in [0, 0.1) is 0 Å². The third kappa shape index (κ3) is 2.65. The molecule has 0 bridgehead atoms. The zero-order chi connectivity index (χ0) is 15.1. The molecule has 0 aliphatic heterocycles. The van der Waals surface area contributed by atoms with Gasteiger partial charge in [0.25, 0.3) is 0 Å². The molecule has 8 heteroatoms. The van der Waals surface area contributed by atoms with Crippen LogP contribution >= 0.6 is 11.3 Å². The highest BCUT2D eigenvalue weighted by molar-refractivity contribution is 7.17. The van der Waals surface area contributed by atoms with Crippen LogP contribution in [-0.4, -0.2) is 23.2 Å². The van der Waals surface area contributed by atoms with E-state index in [-0.39, 0.29) is 16.5 Å². The Hall–Kier alpha value is -1.57. The smallest absolute Gasteiger partial charge is 0.471 e. The van der Waals surface area contributed by atoms with Crippen LogP contribution in [0.4, 0.5) is 18.2 Å². The number of hydrogen-bond acceptors (Lipinski definition) is 3. The topological polar surface area (TPSA) is 66.4 Å². The highest BCUT2D eigenvalue weighted by Gasteiger charge is 2.40. The Kier molecular flexibility index (Phi) is 3.77. The van der Waals surface area contributed by atoms with Crippen molar-refractivity contribution in [3.8, 4) is 0 Å². The van der Waals surface area contributed by atoms with Crippen molar-refractivity contribution in [2.75, 3.05) is 5.32 Å². The van der Waals surface area contributed by atoms with Crippen molar-refractivity contribution >= 4 is 28.2 Å². The van der Waals surface area contributed by atoms with Gasteiger partial charge in [-0.3, -0.25) is 4.79 Å². The Balaban J connectivity index is 2.44. The summed E-state index contributed by atoms with van der Waals surface area (Å²) >= 11 is 0.926. The van der Waals surface area contributed by atoms with Crippen molar-refractivity contribution in [2.45, 2.75) is 38.3 Å². The van der Waals surface area contributed by atoms with Gasteiger partial charge in [0.15, 0.2) is 0 Å². The molecule has 20 heavy (non-hydrogen) atoms. The summed E-state index contributed by atoms with van der Waals surface area (Å²) in [5.74, 6) is -3.49. The van der Waals surface area contributed by atoms with Gasteiger partial charge in [0.2, 0.25) is 0 Å². The molecule has 1 aromatic heterocycles. The van der Waals surface area contributed by atoms with Gasteiger partial charge >= 0.3 is 18.1 Å². The summed E-state index contributed by atoms with van der Waals surface area (Å²) in [6.45, 7) is 1.84. The van der Waals surface area contributed by atoms with Gasteiger partial charge in [0, 0.05) is 4.88 Å². The van der Waals surface area contributed by atoms with E-state index >= 15 is 0 Å². The third-order valence-electron chi connectivity index (χ3n) is 3.25. The largest absolute Gasteiger partial charge is 0.478 e. The number of anilines is 1. The van der Waals surface area contributed by atoms with E-state index in [1.165, 1.54) is 0 Å². The molecule has 1 aliphatic carbocycles. The fraction of sp³-hybridized carbons (Fsp3) is 0.500. The predicted octanol–water partition coefficient (Wildman–Crippen LogP) is 3.39. The van der Waals surface area contributed by atoms with Crippen molar-refractivity contribution in [3.63, 3.8) is 0 Å². The van der Waals surface area contributed by atoms with Crippen LogP contribution in [0.3, 0.4) is 0 Å². The first-order valence-electron chi connectivity index (χ1n) is 5.98. The molecule has 2 rings (SSSR count). The lowest BCUT2D eigenvalue weighted by atomic mass is 9.86. The van der Waals surface area contributed by atoms with Gasteiger partial charge in [-0.25, -0.2) is 4.79 Å². The van der Waals surface area contributed by atoms with E-state index in [0.717, 1.165) is 29.1 Å². The molecule has 1 unspecified atom stereocenters. The van der Waals surface area contributed by atoms with Crippen molar-refractivity contribution in [3.05, 3.63) is 16.0 Å². The molecule has 2 N–H and O–H groups in total. The molecule has 1 aromatic rings. The van der Waals surface area contributed by atoms with Crippen LogP contribution in [0.15, 0.2) is 0 Å². The lowest BCUT2D eigenvalue weighted by molar-refractivity contribution is -0.167.